The van der Waals surface area contributed by atoms with Gasteiger partial charge in [0.15, 0.2) is 5.78 Å². The first-order valence-corrected chi connectivity index (χ1v) is 6.75. The summed E-state index contributed by atoms with van der Waals surface area (Å²) >= 11 is 3.20. The minimum Gasteiger partial charge on any atom is -0.506 e. The predicted octanol–water partition coefficient (Wildman–Crippen LogP) is 4.06. The Kier molecular flexibility index (Phi) is 4.58. The summed E-state index contributed by atoms with van der Waals surface area (Å²) in [4.78, 5) is 12.1. The molecule has 2 rings (SSSR count). The van der Waals surface area contributed by atoms with Crippen LogP contribution in [0.1, 0.15) is 15.9 Å². The highest BCUT2D eigenvalue weighted by atomic mass is 79.9. The van der Waals surface area contributed by atoms with E-state index in [9.17, 15) is 9.90 Å². The summed E-state index contributed by atoms with van der Waals surface area (Å²) in [5.41, 5.74) is 1.15. The first kappa shape index (κ1) is 14.3. The normalized spacial score (nSPS) is 10.7. The van der Waals surface area contributed by atoms with Gasteiger partial charge in [-0.2, -0.15) is 0 Å². The Hall–Kier alpha value is -2.07. The molecule has 0 aliphatic heterocycles. The summed E-state index contributed by atoms with van der Waals surface area (Å²) in [5.74, 6) is 0.0906. The monoisotopic (exact) mass is 332 g/mol. The van der Waals surface area contributed by atoms with Crippen LogP contribution in [0.5, 0.6) is 11.5 Å². The number of allylic oxidation sites excluding steroid dienone is 1. The SMILES string of the molecule is COc1ccc(C(=O)/C=C/c2ccccc2)c(O)c1Br. The summed E-state index contributed by atoms with van der Waals surface area (Å²) in [6, 6.07) is 12.7. The lowest BCUT2D eigenvalue weighted by Crippen LogP contribution is -1.96. The van der Waals surface area contributed by atoms with Gasteiger partial charge in [-0.1, -0.05) is 36.4 Å². The molecule has 0 spiro atoms. The van der Waals surface area contributed by atoms with Gasteiger partial charge in [0.05, 0.1) is 12.7 Å². The molecule has 102 valence electrons. The van der Waals surface area contributed by atoms with E-state index >= 15 is 0 Å². The van der Waals surface area contributed by atoms with E-state index in [2.05, 4.69) is 15.9 Å². The van der Waals surface area contributed by atoms with Gasteiger partial charge in [-0.05, 0) is 39.7 Å². The third kappa shape index (κ3) is 3.08. The molecule has 0 heterocycles. The lowest BCUT2D eigenvalue weighted by Gasteiger charge is -2.07. The second kappa shape index (κ2) is 6.39. The third-order valence-electron chi connectivity index (χ3n) is 2.79. The van der Waals surface area contributed by atoms with Crippen molar-refractivity contribution in [1.82, 2.24) is 0 Å². The minimum absolute atomic E-state index is 0.118. The van der Waals surface area contributed by atoms with E-state index in [0.717, 1.165) is 5.56 Å². The standard InChI is InChI=1S/C16H13BrO3/c1-20-14-10-8-12(16(19)15(14)17)13(18)9-7-11-5-3-2-4-6-11/h2-10,19H,1H3/b9-7+. The number of ketones is 1. The molecular formula is C16H13BrO3. The van der Waals surface area contributed by atoms with E-state index < -0.39 is 0 Å². The molecule has 0 unspecified atom stereocenters. The highest BCUT2D eigenvalue weighted by Crippen LogP contribution is 2.36. The maximum Gasteiger partial charge on any atom is 0.189 e. The molecule has 4 heteroatoms. The number of phenols is 1. The van der Waals surface area contributed by atoms with E-state index in [1.165, 1.54) is 19.3 Å². The van der Waals surface area contributed by atoms with E-state index in [-0.39, 0.29) is 17.1 Å². The second-order valence-electron chi connectivity index (χ2n) is 4.09. The van der Waals surface area contributed by atoms with E-state index in [1.807, 2.05) is 30.3 Å². The molecule has 0 aromatic heterocycles. The van der Waals surface area contributed by atoms with Crippen LogP contribution in [0.2, 0.25) is 0 Å². The molecule has 20 heavy (non-hydrogen) atoms. The van der Waals surface area contributed by atoms with Crippen LogP contribution in [-0.2, 0) is 0 Å². The number of hydrogen-bond acceptors (Lipinski definition) is 3. The summed E-state index contributed by atoms with van der Waals surface area (Å²) < 4.78 is 5.43. The Morgan fingerprint density at radius 1 is 1.20 bits per heavy atom. The van der Waals surface area contributed by atoms with Gasteiger partial charge in [0, 0.05) is 0 Å². The number of hydrogen-bond donors (Lipinski definition) is 1. The lowest BCUT2D eigenvalue weighted by atomic mass is 10.1. The number of methoxy groups -OCH3 is 1. The molecule has 1 N–H and O–H groups in total. The van der Waals surface area contributed by atoms with Gasteiger partial charge in [-0.15, -0.1) is 0 Å². The van der Waals surface area contributed by atoms with Gasteiger partial charge in [-0.25, -0.2) is 0 Å². The number of benzene rings is 2. The number of ether oxygens (including phenoxy) is 1. The number of aromatic hydroxyl groups is 1. The van der Waals surface area contributed by atoms with E-state index in [4.69, 9.17) is 4.74 Å². The van der Waals surface area contributed by atoms with Crippen LogP contribution < -0.4 is 4.74 Å². The molecule has 2 aromatic rings. The molecular weight excluding hydrogens is 320 g/mol. The number of phenolic OH excluding ortho intramolecular Hbond substituents is 1. The van der Waals surface area contributed by atoms with Crippen molar-refractivity contribution >= 4 is 27.8 Å². The Bertz CT molecular complexity index is 648. The third-order valence-corrected chi connectivity index (χ3v) is 3.56. The van der Waals surface area contributed by atoms with Crippen LogP contribution in [0.25, 0.3) is 6.08 Å². The largest absolute Gasteiger partial charge is 0.506 e. The zero-order chi connectivity index (χ0) is 14.5. The number of halogens is 1. The zero-order valence-corrected chi connectivity index (χ0v) is 12.4. The topological polar surface area (TPSA) is 46.5 Å². The average Bonchev–Trinajstić information content (AvgIpc) is 2.48. The smallest absolute Gasteiger partial charge is 0.189 e. The van der Waals surface area contributed by atoms with Gasteiger partial charge >= 0.3 is 0 Å². The predicted molar refractivity (Wildman–Crippen MR) is 82.2 cm³/mol. The Morgan fingerprint density at radius 3 is 2.55 bits per heavy atom. The van der Waals surface area contributed by atoms with Crippen LogP contribution in [0.4, 0.5) is 0 Å². The molecule has 0 aliphatic rings. The number of rotatable bonds is 4. The Morgan fingerprint density at radius 2 is 1.90 bits per heavy atom. The molecule has 0 aliphatic carbocycles. The zero-order valence-electron chi connectivity index (χ0n) is 10.8. The van der Waals surface area contributed by atoms with Crippen molar-refractivity contribution in [1.29, 1.82) is 0 Å². The van der Waals surface area contributed by atoms with Crippen molar-refractivity contribution in [3.63, 3.8) is 0 Å². The van der Waals surface area contributed by atoms with Gasteiger partial charge in [-0.3, -0.25) is 4.79 Å². The van der Waals surface area contributed by atoms with Gasteiger partial charge in [0.1, 0.15) is 16.0 Å². The van der Waals surface area contributed by atoms with Crippen molar-refractivity contribution in [2.45, 2.75) is 0 Å². The van der Waals surface area contributed by atoms with Crippen molar-refractivity contribution < 1.29 is 14.6 Å². The summed E-state index contributed by atoms with van der Waals surface area (Å²) in [6.07, 6.45) is 3.14. The van der Waals surface area contributed by atoms with Crippen molar-refractivity contribution in [2.75, 3.05) is 7.11 Å². The van der Waals surface area contributed by atoms with Crippen molar-refractivity contribution in [3.8, 4) is 11.5 Å². The fourth-order valence-electron chi connectivity index (χ4n) is 1.73. The first-order chi connectivity index (χ1) is 9.63. The van der Waals surface area contributed by atoms with Gasteiger partial charge in [0.2, 0.25) is 0 Å². The minimum atomic E-state index is -0.269. The average molecular weight is 333 g/mol. The molecule has 3 nitrogen and oxygen atoms in total. The molecule has 0 saturated heterocycles. The summed E-state index contributed by atoms with van der Waals surface area (Å²) in [6.45, 7) is 0. The number of carbonyl (C=O) groups is 1. The van der Waals surface area contributed by atoms with E-state index in [1.54, 1.807) is 12.1 Å². The van der Waals surface area contributed by atoms with Gasteiger partial charge in [0.25, 0.3) is 0 Å². The summed E-state index contributed by atoms with van der Waals surface area (Å²) in [5, 5.41) is 10.00. The maximum absolute atomic E-state index is 12.1. The Labute approximate surface area is 125 Å². The summed E-state index contributed by atoms with van der Waals surface area (Å²) in [7, 11) is 1.50. The van der Waals surface area contributed by atoms with Crippen LogP contribution in [-0.4, -0.2) is 18.0 Å². The molecule has 2 aromatic carbocycles. The fourth-order valence-corrected chi connectivity index (χ4v) is 2.24. The molecule has 0 radical (unpaired) electrons. The van der Waals surface area contributed by atoms with Crippen LogP contribution >= 0.6 is 15.9 Å². The second-order valence-corrected chi connectivity index (χ2v) is 4.88. The van der Waals surface area contributed by atoms with Gasteiger partial charge < -0.3 is 9.84 Å². The van der Waals surface area contributed by atoms with E-state index in [0.29, 0.717) is 10.2 Å². The number of carbonyl (C=O) groups excluding carboxylic acids is 1. The Balaban J connectivity index is 2.26. The molecule has 0 bridgehead atoms. The quantitative estimate of drug-likeness (QED) is 0.678. The van der Waals surface area contributed by atoms with Crippen LogP contribution in [0, 0.1) is 0 Å². The highest BCUT2D eigenvalue weighted by molar-refractivity contribution is 9.10. The molecule has 0 amide bonds. The molecule has 0 atom stereocenters. The maximum atomic E-state index is 12.1. The van der Waals surface area contributed by atoms with Crippen molar-refractivity contribution in [2.24, 2.45) is 0 Å². The molecule has 0 saturated carbocycles. The molecule has 0 fully saturated rings. The van der Waals surface area contributed by atoms with Crippen LogP contribution in [0.15, 0.2) is 53.0 Å². The lowest BCUT2D eigenvalue weighted by molar-refractivity contribution is 0.104. The highest BCUT2D eigenvalue weighted by Gasteiger charge is 2.14. The first-order valence-electron chi connectivity index (χ1n) is 5.96. The van der Waals surface area contributed by atoms with Crippen molar-refractivity contribution in [3.05, 3.63) is 64.1 Å². The fraction of sp³-hybridized carbons (Fsp3) is 0.0625. The van der Waals surface area contributed by atoms with Crippen LogP contribution in [0.3, 0.4) is 0 Å².